The van der Waals surface area contributed by atoms with Gasteiger partial charge in [-0.05, 0) is 55.4 Å². The molecule has 1 N–H and O–H groups in total. The minimum absolute atomic E-state index is 0.0545. The lowest BCUT2D eigenvalue weighted by Crippen LogP contribution is -2.37. The fraction of sp³-hybridized carbons (Fsp3) is 0.500. The number of aromatic nitrogens is 2. The Balaban J connectivity index is 1.67. The lowest BCUT2D eigenvalue weighted by molar-refractivity contribution is -0.123. The summed E-state index contributed by atoms with van der Waals surface area (Å²) in [5, 5.41) is 7.90. The molecule has 2 aliphatic rings. The first-order valence-electron chi connectivity index (χ1n) is 8.98. The van der Waals surface area contributed by atoms with E-state index in [1.807, 2.05) is 35.1 Å². The fourth-order valence-electron chi connectivity index (χ4n) is 3.75. The maximum Gasteiger partial charge on any atom is 0.223 e. The number of hydrogen-bond donors (Lipinski definition) is 1. The minimum Gasteiger partial charge on any atom is -0.497 e. The zero-order chi connectivity index (χ0) is 17.6. The molecule has 132 valence electrons. The van der Waals surface area contributed by atoms with Crippen molar-refractivity contribution in [1.29, 1.82) is 0 Å². The number of amides is 1. The Morgan fingerprint density at radius 1 is 1.28 bits per heavy atom. The number of benzene rings is 1. The molecule has 0 radical (unpaired) electrons. The van der Waals surface area contributed by atoms with E-state index in [-0.39, 0.29) is 23.3 Å². The standard InChI is InChI=1S/C20H25N3O2/c1-20(2)10-17(22-19(24)13-4-5-13)16-12-21-23(18(16)11-20)14-6-8-15(25-3)9-7-14/h6-9,12-13,17H,4-5,10-11H2,1-3H3,(H,22,24). The second-order valence-corrected chi connectivity index (χ2v) is 8.04. The first-order valence-corrected chi connectivity index (χ1v) is 8.98. The Morgan fingerprint density at radius 3 is 2.64 bits per heavy atom. The van der Waals surface area contributed by atoms with E-state index in [2.05, 4.69) is 24.3 Å². The molecular weight excluding hydrogens is 314 g/mol. The molecule has 1 atom stereocenters. The van der Waals surface area contributed by atoms with Gasteiger partial charge in [0.2, 0.25) is 5.91 Å². The van der Waals surface area contributed by atoms with Crippen molar-refractivity contribution in [3.05, 3.63) is 41.7 Å². The molecule has 1 fully saturated rings. The highest BCUT2D eigenvalue weighted by atomic mass is 16.5. The predicted octanol–water partition coefficient (Wildman–Crippen LogP) is 3.42. The third-order valence-electron chi connectivity index (χ3n) is 5.26. The molecule has 1 amide bonds. The van der Waals surface area contributed by atoms with Crippen molar-refractivity contribution in [2.24, 2.45) is 11.3 Å². The van der Waals surface area contributed by atoms with Crippen LogP contribution >= 0.6 is 0 Å². The van der Waals surface area contributed by atoms with Crippen LogP contribution in [0.1, 0.15) is 50.4 Å². The van der Waals surface area contributed by atoms with Crippen molar-refractivity contribution in [2.75, 3.05) is 7.11 Å². The average Bonchev–Trinajstić information content (AvgIpc) is 3.35. The maximum atomic E-state index is 12.3. The van der Waals surface area contributed by atoms with Gasteiger partial charge in [-0.15, -0.1) is 0 Å². The van der Waals surface area contributed by atoms with Gasteiger partial charge in [-0.25, -0.2) is 4.68 Å². The number of carbonyl (C=O) groups excluding carboxylic acids is 1. The van der Waals surface area contributed by atoms with Crippen LogP contribution in [0.25, 0.3) is 5.69 Å². The van der Waals surface area contributed by atoms with E-state index >= 15 is 0 Å². The van der Waals surface area contributed by atoms with Crippen LogP contribution in [0, 0.1) is 11.3 Å². The summed E-state index contributed by atoms with van der Waals surface area (Å²) in [6.45, 7) is 4.52. The van der Waals surface area contributed by atoms with Crippen molar-refractivity contribution in [2.45, 2.75) is 45.6 Å². The number of nitrogens with zero attached hydrogens (tertiary/aromatic N) is 2. The van der Waals surface area contributed by atoms with Crippen LogP contribution in [0.3, 0.4) is 0 Å². The quantitative estimate of drug-likeness (QED) is 0.928. The zero-order valence-electron chi connectivity index (χ0n) is 15.1. The molecule has 1 aromatic carbocycles. The Morgan fingerprint density at radius 2 is 2.00 bits per heavy atom. The van der Waals surface area contributed by atoms with Crippen molar-refractivity contribution in [1.82, 2.24) is 15.1 Å². The summed E-state index contributed by atoms with van der Waals surface area (Å²) >= 11 is 0. The smallest absolute Gasteiger partial charge is 0.223 e. The van der Waals surface area contributed by atoms with E-state index in [1.165, 1.54) is 5.69 Å². The van der Waals surface area contributed by atoms with Gasteiger partial charge in [-0.2, -0.15) is 5.10 Å². The van der Waals surface area contributed by atoms with Crippen molar-refractivity contribution < 1.29 is 9.53 Å². The number of carbonyl (C=O) groups is 1. The Kier molecular flexibility index (Phi) is 3.82. The number of methoxy groups -OCH3 is 1. The molecule has 0 aliphatic heterocycles. The predicted molar refractivity (Wildman–Crippen MR) is 95.8 cm³/mol. The molecule has 2 aromatic rings. The van der Waals surface area contributed by atoms with Crippen LogP contribution in [0.5, 0.6) is 5.75 Å². The molecule has 0 bridgehead atoms. The van der Waals surface area contributed by atoms with Gasteiger partial charge in [0.1, 0.15) is 5.75 Å². The van der Waals surface area contributed by atoms with Gasteiger partial charge >= 0.3 is 0 Å². The molecule has 0 spiro atoms. The summed E-state index contributed by atoms with van der Waals surface area (Å²) in [7, 11) is 1.67. The molecule has 1 aromatic heterocycles. The number of ether oxygens (including phenoxy) is 1. The summed E-state index contributed by atoms with van der Waals surface area (Å²) in [4.78, 5) is 12.3. The summed E-state index contributed by atoms with van der Waals surface area (Å²) in [6.07, 6.45) is 5.88. The highest BCUT2D eigenvalue weighted by Gasteiger charge is 2.38. The number of nitrogens with one attached hydrogen (secondary N) is 1. The number of rotatable bonds is 4. The van der Waals surface area contributed by atoms with E-state index in [9.17, 15) is 4.79 Å². The van der Waals surface area contributed by atoms with E-state index in [0.29, 0.717) is 0 Å². The first-order chi connectivity index (χ1) is 12.0. The monoisotopic (exact) mass is 339 g/mol. The number of fused-ring (bicyclic) bond motifs is 1. The maximum absolute atomic E-state index is 12.3. The van der Waals surface area contributed by atoms with Crippen LogP contribution in [0.15, 0.2) is 30.5 Å². The third kappa shape index (κ3) is 3.15. The van der Waals surface area contributed by atoms with Gasteiger partial charge in [0.25, 0.3) is 0 Å². The second kappa shape index (κ2) is 5.90. The van der Waals surface area contributed by atoms with Crippen molar-refractivity contribution >= 4 is 5.91 Å². The molecule has 4 rings (SSSR count). The summed E-state index contributed by atoms with van der Waals surface area (Å²) in [5.74, 6) is 1.26. The van der Waals surface area contributed by atoms with Crippen LogP contribution in [0.2, 0.25) is 0 Å². The zero-order valence-corrected chi connectivity index (χ0v) is 15.1. The average molecular weight is 339 g/mol. The molecule has 5 heteroatoms. The van der Waals surface area contributed by atoms with Gasteiger partial charge in [0, 0.05) is 11.5 Å². The molecule has 1 heterocycles. The van der Waals surface area contributed by atoms with Gasteiger partial charge in [0.05, 0.1) is 30.7 Å². The molecule has 1 saturated carbocycles. The van der Waals surface area contributed by atoms with E-state index in [1.54, 1.807) is 7.11 Å². The Labute approximate surface area is 148 Å². The largest absolute Gasteiger partial charge is 0.497 e. The van der Waals surface area contributed by atoms with Gasteiger partial charge in [0.15, 0.2) is 0 Å². The lowest BCUT2D eigenvalue weighted by atomic mass is 9.74. The third-order valence-corrected chi connectivity index (χ3v) is 5.26. The molecule has 25 heavy (non-hydrogen) atoms. The van der Waals surface area contributed by atoms with Crippen LogP contribution < -0.4 is 10.1 Å². The molecule has 1 unspecified atom stereocenters. The lowest BCUT2D eigenvalue weighted by Gasteiger charge is -2.36. The summed E-state index contributed by atoms with van der Waals surface area (Å²) in [5.41, 5.74) is 3.50. The van der Waals surface area contributed by atoms with Gasteiger partial charge in [-0.3, -0.25) is 4.79 Å². The van der Waals surface area contributed by atoms with Gasteiger partial charge < -0.3 is 10.1 Å². The van der Waals surface area contributed by atoms with Crippen molar-refractivity contribution in [3.63, 3.8) is 0 Å². The summed E-state index contributed by atoms with van der Waals surface area (Å²) < 4.78 is 7.25. The van der Waals surface area contributed by atoms with E-state index in [4.69, 9.17) is 4.74 Å². The minimum atomic E-state index is 0.0545. The second-order valence-electron chi connectivity index (χ2n) is 8.04. The fourth-order valence-corrected chi connectivity index (χ4v) is 3.75. The topological polar surface area (TPSA) is 56.1 Å². The molecular formula is C20H25N3O2. The van der Waals surface area contributed by atoms with Crippen LogP contribution in [0.4, 0.5) is 0 Å². The van der Waals surface area contributed by atoms with Gasteiger partial charge in [-0.1, -0.05) is 13.8 Å². The SMILES string of the molecule is COc1ccc(-n2ncc3c2CC(C)(C)CC3NC(=O)C2CC2)cc1. The Hall–Kier alpha value is -2.30. The summed E-state index contributed by atoms with van der Waals surface area (Å²) in [6, 6.07) is 7.99. The molecule has 0 saturated heterocycles. The number of hydrogen-bond acceptors (Lipinski definition) is 3. The normalized spacial score (nSPS) is 21.5. The van der Waals surface area contributed by atoms with Crippen molar-refractivity contribution in [3.8, 4) is 11.4 Å². The Bertz CT molecular complexity index is 788. The highest BCUT2D eigenvalue weighted by Crippen LogP contribution is 2.42. The van der Waals surface area contributed by atoms with E-state index in [0.717, 1.165) is 42.7 Å². The van der Waals surface area contributed by atoms with Crippen LogP contribution in [-0.4, -0.2) is 22.8 Å². The molecule has 2 aliphatic carbocycles. The highest BCUT2D eigenvalue weighted by molar-refractivity contribution is 5.81. The van der Waals surface area contributed by atoms with E-state index < -0.39 is 0 Å². The van der Waals surface area contributed by atoms with Crippen LogP contribution in [-0.2, 0) is 11.2 Å². The molecule has 5 nitrogen and oxygen atoms in total. The first kappa shape index (κ1) is 16.2.